The quantitative estimate of drug-likeness (QED) is 0.321. The summed E-state index contributed by atoms with van der Waals surface area (Å²) in [4.78, 5) is 0. The van der Waals surface area contributed by atoms with E-state index >= 15 is 0 Å². The van der Waals surface area contributed by atoms with Crippen molar-refractivity contribution in [3.63, 3.8) is 0 Å². The first kappa shape index (κ1) is 4.26. The molecule has 0 heteroatoms. The zero-order valence-electron chi connectivity index (χ0n) is 3.07. The molecule has 0 spiro atoms. The lowest BCUT2D eigenvalue weighted by Gasteiger charge is -1.47. The van der Waals surface area contributed by atoms with E-state index in [1.807, 2.05) is 0 Å². The average molecular weight is 66.1 g/mol. The van der Waals surface area contributed by atoms with Gasteiger partial charge >= 0.3 is 0 Å². The second-order valence-corrected chi connectivity index (χ2v) is 0.606. The predicted octanol–water partition coefficient (Wildman–Crippen LogP) is 1.51. The summed E-state index contributed by atoms with van der Waals surface area (Å²) in [5.74, 6) is 0. The van der Waals surface area contributed by atoms with Gasteiger partial charge in [-0.1, -0.05) is 19.2 Å². The molecule has 5 heavy (non-hydrogen) atoms. The molecule has 0 aromatic heterocycles. The number of rotatable bonds is 1. The van der Waals surface area contributed by atoms with Gasteiger partial charge in [-0.15, -0.1) is 5.73 Å². The van der Waals surface area contributed by atoms with Crippen molar-refractivity contribution in [1.82, 2.24) is 0 Å². The molecule has 0 saturated carbocycles. The van der Waals surface area contributed by atoms with E-state index in [2.05, 4.69) is 18.9 Å². The van der Waals surface area contributed by atoms with Crippen LogP contribution >= 0.6 is 0 Å². The highest BCUT2D eigenvalue weighted by molar-refractivity contribution is 4.93. The van der Waals surface area contributed by atoms with E-state index in [0.717, 1.165) is 0 Å². The average Bonchev–Trinajstić information content (AvgIpc) is 1.41. The normalized spacial score (nSPS) is 4.80. The third-order valence-corrected chi connectivity index (χ3v) is 0.236. The van der Waals surface area contributed by atoms with Crippen LogP contribution in [0.2, 0.25) is 0 Å². The van der Waals surface area contributed by atoms with Crippen LogP contribution in [0.4, 0.5) is 0 Å². The van der Waals surface area contributed by atoms with Gasteiger partial charge in [-0.25, -0.2) is 0 Å². The van der Waals surface area contributed by atoms with Crippen LogP contribution in [0.1, 0.15) is 0 Å². The van der Waals surface area contributed by atoms with Gasteiger partial charge in [0.05, 0.1) is 0 Å². The Balaban J connectivity index is 3.31. The highest BCUT2D eigenvalue weighted by Crippen LogP contribution is 1.57. The molecule has 0 radical (unpaired) electrons. The van der Waals surface area contributed by atoms with Crippen molar-refractivity contribution >= 4 is 0 Å². The Bertz CT molecular complexity index is 64.1. The lowest BCUT2D eigenvalue weighted by Crippen LogP contribution is -1.26. The van der Waals surface area contributed by atoms with Gasteiger partial charge in [-0.2, -0.15) is 0 Å². The molecule has 0 aliphatic rings. The lowest BCUT2D eigenvalue weighted by molar-refractivity contribution is 2.10. The Morgan fingerprint density at radius 2 is 2.20 bits per heavy atom. The van der Waals surface area contributed by atoms with Gasteiger partial charge in [-0.3, -0.25) is 0 Å². The van der Waals surface area contributed by atoms with Gasteiger partial charge in [0.25, 0.3) is 0 Å². The second-order valence-electron chi connectivity index (χ2n) is 0.606. The third-order valence-electron chi connectivity index (χ3n) is 0.236. The van der Waals surface area contributed by atoms with Crippen LogP contribution in [-0.4, -0.2) is 0 Å². The molecule has 0 unspecified atom stereocenters. The van der Waals surface area contributed by atoms with Crippen LogP contribution in [-0.2, 0) is 0 Å². The largest absolute Gasteiger partial charge is 0.129 e. The molecule has 0 nitrogen and oxygen atoms in total. The SMILES string of the molecule is C=C=CC=C. The van der Waals surface area contributed by atoms with Crippen molar-refractivity contribution in [2.75, 3.05) is 0 Å². The summed E-state index contributed by atoms with van der Waals surface area (Å²) in [5, 5.41) is 0. The standard InChI is InChI=1S/C5H6/c1-3-5-4-2/h3,5H,1-2H2. The Labute approximate surface area is 32.1 Å². The summed E-state index contributed by atoms with van der Waals surface area (Å²) in [6.07, 6.45) is 3.28. The molecule has 0 saturated heterocycles. The van der Waals surface area contributed by atoms with E-state index in [0.29, 0.717) is 0 Å². The summed E-state index contributed by atoms with van der Waals surface area (Å²) in [6, 6.07) is 0. The molecule has 0 aromatic carbocycles. The fourth-order valence-corrected chi connectivity index (χ4v) is 0.0833. The molecule has 0 fully saturated rings. The molecule has 0 amide bonds. The molecule has 0 N–H and O–H groups in total. The topological polar surface area (TPSA) is 0 Å². The van der Waals surface area contributed by atoms with Crippen LogP contribution < -0.4 is 0 Å². The van der Waals surface area contributed by atoms with Crippen LogP contribution in [0, 0.1) is 0 Å². The van der Waals surface area contributed by atoms with Gasteiger partial charge in [0, 0.05) is 0 Å². The molecule has 26 valence electrons. The van der Waals surface area contributed by atoms with E-state index in [9.17, 15) is 0 Å². The summed E-state index contributed by atoms with van der Waals surface area (Å²) in [6.45, 7) is 6.69. The molecule has 0 aliphatic heterocycles. The maximum atomic E-state index is 3.39. The first-order chi connectivity index (χ1) is 2.41. The molecular weight excluding hydrogens is 60.1 g/mol. The lowest BCUT2D eigenvalue weighted by atomic mass is 10.6. The van der Waals surface area contributed by atoms with Crippen molar-refractivity contribution in [2.45, 2.75) is 0 Å². The van der Waals surface area contributed by atoms with Crippen molar-refractivity contribution in [3.8, 4) is 0 Å². The zero-order chi connectivity index (χ0) is 4.12. The Morgan fingerprint density at radius 1 is 1.60 bits per heavy atom. The van der Waals surface area contributed by atoms with Gasteiger partial charge in [0.15, 0.2) is 0 Å². The Morgan fingerprint density at radius 3 is 2.20 bits per heavy atom. The molecule has 0 heterocycles. The van der Waals surface area contributed by atoms with E-state index in [4.69, 9.17) is 0 Å². The molecule has 0 atom stereocenters. The molecular formula is C5H6. The minimum Gasteiger partial charge on any atom is -0.129 e. The second kappa shape index (κ2) is 3.26. The first-order valence-corrected chi connectivity index (χ1v) is 1.38. The highest BCUT2D eigenvalue weighted by atomic mass is 13.4. The minimum absolute atomic E-state index is 1.63. The van der Waals surface area contributed by atoms with Crippen molar-refractivity contribution in [3.05, 3.63) is 31.0 Å². The van der Waals surface area contributed by atoms with E-state index in [1.54, 1.807) is 12.2 Å². The maximum Gasteiger partial charge on any atom is -0.0212 e. The van der Waals surface area contributed by atoms with Gasteiger partial charge in [0.2, 0.25) is 0 Å². The monoisotopic (exact) mass is 66.0 g/mol. The van der Waals surface area contributed by atoms with Crippen LogP contribution in [0.5, 0.6) is 0 Å². The molecule has 0 rings (SSSR count). The van der Waals surface area contributed by atoms with Crippen LogP contribution in [0.3, 0.4) is 0 Å². The smallest absolute Gasteiger partial charge is 0.0212 e. The van der Waals surface area contributed by atoms with Gasteiger partial charge in [0.1, 0.15) is 0 Å². The first-order valence-electron chi connectivity index (χ1n) is 1.38. The van der Waals surface area contributed by atoms with E-state index in [-0.39, 0.29) is 0 Å². The minimum atomic E-state index is 1.63. The van der Waals surface area contributed by atoms with Crippen molar-refractivity contribution in [2.24, 2.45) is 0 Å². The summed E-state index contributed by atoms with van der Waals surface area (Å²) in [7, 11) is 0. The fourth-order valence-electron chi connectivity index (χ4n) is 0.0833. The van der Waals surface area contributed by atoms with E-state index in [1.165, 1.54) is 0 Å². The van der Waals surface area contributed by atoms with Gasteiger partial charge < -0.3 is 0 Å². The van der Waals surface area contributed by atoms with Crippen LogP contribution in [0.25, 0.3) is 0 Å². The Hall–Kier alpha value is -0.740. The third kappa shape index (κ3) is 3.26. The van der Waals surface area contributed by atoms with Crippen molar-refractivity contribution in [1.29, 1.82) is 0 Å². The number of allylic oxidation sites excluding steroid dienone is 2. The molecule has 0 bridgehead atoms. The predicted molar refractivity (Wildman–Crippen MR) is 23.9 cm³/mol. The van der Waals surface area contributed by atoms with Gasteiger partial charge in [-0.05, 0) is 6.08 Å². The summed E-state index contributed by atoms with van der Waals surface area (Å²) in [5.41, 5.74) is 2.52. The summed E-state index contributed by atoms with van der Waals surface area (Å²) < 4.78 is 0. The van der Waals surface area contributed by atoms with Crippen molar-refractivity contribution < 1.29 is 0 Å². The summed E-state index contributed by atoms with van der Waals surface area (Å²) >= 11 is 0. The highest BCUT2D eigenvalue weighted by Gasteiger charge is 1.36. The fraction of sp³-hybridized carbons (Fsp3) is 0. The van der Waals surface area contributed by atoms with E-state index < -0.39 is 0 Å². The Kier molecular flexibility index (Phi) is 2.78. The van der Waals surface area contributed by atoms with Crippen LogP contribution in [0.15, 0.2) is 31.0 Å². The number of hydrogen-bond acceptors (Lipinski definition) is 0. The zero-order valence-corrected chi connectivity index (χ0v) is 3.07. The molecule has 0 aliphatic carbocycles. The molecule has 0 aromatic rings. The maximum absolute atomic E-state index is 3.39. The number of hydrogen-bond donors (Lipinski definition) is 0.